The number of quaternary nitrogens is 1. The SMILES string of the molecule is c1ccc(C2=NC(c3cccc(-n4c5ccccc5c5cc6c7ccccc7n(-c7ccccc7)c6cc54)c3)[NH2+]C(c3ccccc3)=N2)cc1. The van der Waals surface area contributed by atoms with E-state index in [0.717, 1.165) is 39.7 Å². The number of amidine groups is 2. The summed E-state index contributed by atoms with van der Waals surface area (Å²) in [5.74, 6) is 1.68. The smallest absolute Gasteiger partial charge is 0.235 e. The monoisotopic (exact) mass is 642 g/mol. The number of hydrogen-bond donors (Lipinski definition) is 1. The van der Waals surface area contributed by atoms with Gasteiger partial charge in [0.15, 0.2) is 5.84 Å². The molecule has 5 nitrogen and oxygen atoms in total. The van der Waals surface area contributed by atoms with Crippen LogP contribution >= 0.6 is 0 Å². The van der Waals surface area contributed by atoms with Gasteiger partial charge in [-0.1, -0.05) is 115 Å². The molecule has 1 aliphatic heterocycles. The molecule has 0 bridgehead atoms. The average molecular weight is 643 g/mol. The minimum absolute atomic E-state index is 0.196. The molecule has 5 heteroatoms. The van der Waals surface area contributed by atoms with Crippen LogP contribution in [0.3, 0.4) is 0 Å². The largest absolute Gasteiger partial charge is 0.309 e. The number of benzene rings is 7. The fraction of sp³-hybridized carbons (Fsp3) is 0.0222. The molecule has 2 N–H and O–H groups in total. The van der Waals surface area contributed by atoms with Crippen molar-refractivity contribution in [2.45, 2.75) is 6.17 Å². The van der Waals surface area contributed by atoms with Crippen molar-refractivity contribution in [3.05, 3.63) is 193 Å². The lowest BCUT2D eigenvalue weighted by Gasteiger charge is -2.20. The van der Waals surface area contributed by atoms with Gasteiger partial charge in [-0.25, -0.2) is 4.99 Å². The zero-order valence-corrected chi connectivity index (χ0v) is 27.2. The quantitative estimate of drug-likeness (QED) is 0.195. The van der Waals surface area contributed by atoms with Crippen molar-refractivity contribution < 1.29 is 5.32 Å². The van der Waals surface area contributed by atoms with Crippen molar-refractivity contribution >= 4 is 55.3 Å². The third kappa shape index (κ3) is 4.60. The van der Waals surface area contributed by atoms with Gasteiger partial charge in [0.1, 0.15) is 0 Å². The van der Waals surface area contributed by atoms with Crippen LogP contribution in [0.25, 0.3) is 55.0 Å². The van der Waals surface area contributed by atoms with Crippen molar-refractivity contribution in [1.82, 2.24) is 9.13 Å². The van der Waals surface area contributed by atoms with Crippen molar-refractivity contribution in [3.8, 4) is 11.4 Å². The van der Waals surface area contributed by atoms with Crippen LogP contribution in [0, 0.1) is 0 Å². The summed E-state index contributed by atoms with van der Waals surface area (Å²) in [5.41, 5.74) is 10.2. The fourth-order valence-electron chi connectivity index (χ4n) is 7.58. The number of fused-ring (bicyclic) bond motifs is 6. The predicted octanol–water partition coefficient (Wildman–Crippen LogP) is 9.35. The molecule has 1 unspecified atom stereocenters. The molecule has 0 amide bonds. The Morgan fingerprint density at radius 3 is 1.62 bits per heavy atom. The van der Waals surface area contributed by atoms with Crippen LogP contribution in [-0.2, 0) is 0 Å². The van der Waals surface area contributed by atoms with Crippen LogP contribution in [0.2, 0.25) is 0 Å². The maximum absolute atomic E-state index is 5.22. The van der Waals surface area contributed by atoms with Crippen molar-refractivity contribution in [1.29, 1.82) is 0 Å². The number of nitrogens with two attached hydrogens (primary N) is 1. The van der Waals surface area contributed by atoms with Gasteiger partial charge in [0, 0.05) is 44.0 Å². The molecule has 7 aromatic carbocycles. The average Bonchev–Trinajstić information content (AvgIpc) is 3.70. The molecule has 1 atom stereocenters. The highest BCUT2D eigenvalue weighted by atomic mass is 15.2. The van der Waals surface area contributed by atoms with Crippen LogP contribution in [0.1, 0.15) is 22.9 Å². The van der Waals surface area contributed by atoms with Crippen LogP contribution in [0.15, 0.2) is 186 Å². The molecule has 0 saturated heterocycles. The molecule has 0 spiro atoms. The maximum atomic E-state index is 5.22. The van der Waals surface area contributed by atoms with E-state index >= 15 is 0 Å². The van der Waals surface area contributed by atoms with Gasteiger partial charge in [0.05, 0.1) is 27.6 Å². The highest BCUT2D eigenvalue weighted by Crippen LogP contribution is 2.39. The van der Waals surface area contributed by atoms with Crippen LogP contribution in [-0.4, -0.2) is 20.8 Å². The highest BCUT2D eigenvalue weighted by molar-refractivity contribution is 6.19. The van der Waals surface area contributed by atoms with E-state index in [1.54, 1.807) is 0 Å². The highest BCUT2D eigenvalue weighted by Gasteiger charge is 2.26. The van der Waals surface area contributed by atoms with Gasteiger partial charge < -0.3 is 9.13 Å². The Bertz CT molecular complexity index is 2770. The topological polar surface area (TPSA) is 51.2 Å². The molecule has 3 heterocycles. The first kappa shape index (κ1) is 28.5. The molecule has 236 valence electrons. The van der Waals surface area contributed by atoms with Gasteiger partial charge in [0.2, 0.25) is 12.0 Å². The van der Waals surface area contributed by atoms with E-state index in [1.165, 1.54) is 43.6 Å². The molecule has 9 aromatic rings. The Kier molecular flexibility index (Phi) is 6.57. The zero-order chi connectivity index (χ0) is 33.0. The van der Waals surface area contributed by atoms with Crippen LogP contribution in [0.5, 0.6) is 0 Å². The molecule has 10 rings (SSSR count). The van der Waals surface area contributed by atoms with E-state index in [2.05, 4.69) is 166 Å². The third-order valence-corrected chi connectivity index (χ3v) is 9.86. The second kappa shape index (κ2) is 11.5. The molecule has 50 heavy (non-hydrogen) atoms. The second-order valence-electron chi connectivity index (χ2n) is 12.8. The van der Waals surface area contributed by atoms with Gasteiger partial charge in [-0.05, 0) is 60.7 Å². The summed E-state index contributed by atoms with van der Waals surface area (Å²) < 4.78 is 4.81. The van der Waals surface area contributed by atoms with Gasteiger partial charge >= 0.3 is 0 Å². The first-order valence-corrected chi connectivity index (χ1v) is 17.0. The summed E-state index contributed by atoms with van der Waals surface area (Å²) in [5, 5.41) is 7.16. The Morgan fingerprint density at radius 2 is 0.960 bits per heavy atom. The van der Waals surface area contributed by atoms with Gasteiger partial charge in [-0.15, -0.1) is 0 Å². The number of aromatic nitrogens is 2. The Morgan fingerprint density at radius 1 is 0.420 bits per heavy atom. The van der Waals surface area contributed by atoms with Crippen molar-refractivity contribution in [3.63, 3.8) is 0 Å². The van der Waals surface area contributed by atoms with Crippen molar-refractivity contribution in [2.75, 3.05) is 0 Å². The van der Waals surface area contributed by atoms with E-state index in [-0.39, 0.29) is 6.17 Å². The van der Waals surface area contributed by atoms with E-state index in [4.69, 9.17) is 9.98 Å². The Hall–Kier alpha value is -6.56. The summed E-state index contributed by atoms with van der Waals surface area (Å²) in [6.07, 6.45) is -0.196. The molecule has 0 saturated carbocycles. The summed E-state index contributed by atoms with van der Waals surface area (Å²) in [6.45, 7) is 0. The van der Waals surface area contributed by atoms with E-state index in [1.807, 2.05) is 24.3 Å². The molecular formula is C45H32N5+. The predicted molar refractivity (Wildman–Crippen MR) is 206 cm³/mol. The molecular weight excluding hydrogens is 611 g/mol. The second-order valence-corrected chi connectivity index (χ2v) is 12.8. The standard InChI is InChI=1S/C45H31N5/c1-4-15-30(16-5-1)43-46-44(31-17-6-2-7-18-31)48-45(47-43)32-19-14-22-34(27-32)50-40-26-13-11-24-36(40)38-28-37-35-23-10-12-25-39(35)49(41(37)29-42(38)50)33-20-8-3-9-21-33/h1-29,45H,(H,46,47,48)/p+1. The minimum Gasteiger partial charge on any atom is -0.309 e. The lowest BCUT2D eigenvalue weighted by molar-refractivity contribution is -0.586. The number of para-hydroxylation sites is 3. The van der Waals surface area contributed by atoms with Crippen molar-refractivity contribution in [2.24, 2.45) is 9.98 Å². The van der Waals surface area contributed by atoms with E-state index in [9.17, 15) is 0 Å². The van der Waals surface area contributed by atoms with E-state index < -0.39 is 0 Å². The summed E-state index contributed by atoms with van der Waals surface area (Å²) >= 11 is 0. The molecule has 2 aromatic heterocycles. The molecule has 0 aliphatic carbocycles. The number of nitrogens with zero attached hydrogens (tertiary/aromatic N) is 4. The number of aliphatic imine (C=N–C) groups is 2. The van der Waals surface area contributed by atoms with E-state index in [0.29, 0.717) is 0 Å². The Balaban J connectivity index is 1.18. The summed E-state index contributed by atoms with van der Waals surface area (Å²) in [4.78, 5) is 10.3. The zero-order valence-electron chi connectivity index (χ0n) is 27.2. The maximum Gasteiger partial charge on any atom is 0.235 e. The van der Waals surface area contributed by atoms with Gasteiger partial charge in [-0.3, -0.25) is 5.32 Å². The van der Waals surface area contributed by atoms with Crippen LogP contribution in [0.4, 0.5) is 0 Å². The number of rotatable bonds is 5. The first-order chi connectivity index (χ1) is 24.8. The third-order valence-electron chi connectivity index (χ3n) is 9.86. The van der Waals surface area contributed by atoms with Crippen LogP contribution < -0.4 is 5.32 Å². The normalized spacial score (nSPS) is 14.8. The van der Waals surface area contributed by atoms with Gasteiger partial charge in [0.25, 0.3) is 0 Å². The minimum atomic E-state index is -0.196. The summed E-state index contributed by atoms with van der Waals surface area (Å²) in [6, 6.07) is 62.4. The Labute approximate surface area is 289 Å². The molecule has 0 fully saturated rings. The lowest BCUT2D eigenvalue weighted by atomic mass is 10.1. The van der Waals surface area contributed by atoms with Gasteiger partial charge in [-0.2, -0.15) is 4.99 Å². The lowest BCUT2D eigenvalue weighted by Crippen LogP contribution is -2.90. The molecule has 1 aliphatic rings. The number of hydrogen-bond acceptors (Lipinski definition) is 2. The fourth-order valence-corrected chi connectivity index (χ4v) is 7.58. The summed E-state index contributed by atoms with van der Waals surface area (Å²) in [7, 11) is 0. The first-order valence-electron chi connectivity index (χ1n) is 17.0. The molecule has 0 radical (unpaired) electrons.